The molecule has 4 aromatic rings. The molecule has 0 nitrogen and oxygen atoms in total. The van der Waals surface area contributed by atoms with Gasteiger partial charge in [0.25, 0.3) is 0 Å². The monoisotopic (exact) mass is 552 g/mol. The van der Waals surface area contributed by atoms with E-state index >= 15 is 0 Å². The van der Waals surface area contributed by atoms with Crippen LogP contribution in [0.1, 0.15) is 0 Å². The molecule has 0 N–H and O–H groups in total. The second-order valence-corrected chi connectivity index (χ2v) is 21.6. The normalized spacial score (nSPS) is 11.1. The van der Waals surface area contributed by atoms with E-state index in [-0.39, 0.29) is 46.3 Å². The van der Waals surface area contributed by atoms with E-state index in [2.05, 4.69) is 82.0 Å². The summed E-state index contributed by atoms with van der Waals surface area (Å²) in [6, 6.07) is 18.5. The average Bonchev–Trinajstić information content (AvgIpc) is 3.31. The molecular formula is C16H10Ge3S4. The molecule has 23 heavy (non-hydrogen) atoms. The Kier molecular flexibility index (Phi) is 6.02. The predicted molar refractivity (Wildman–Crippen MR) is 112 cm³/mol. The van der Waals surface area contributed by atoms with Gasteiger partial charge < -0.3 is 0 Å². The summed E-state index contributed by atoms with van der Waals surface area (Å²) in [7, 11) is 0. The van der Waals surface area contributed by atoms with Crippen LogP contribution >= 0.6 is 45.3 Å². The van der Waals surface area contributed by atoms with Crippen molar-refractivity contribution in [3.8, 4) is 0 Å². The molecule has 110 valence electrons. The van der Waals surface area contributed by atoms with Crippen molar-refractivity contribution < 1.29 is 0 Å². The molecule has 0 bridgehead atoms. The molecule has 4 aromatic heterocycles. The molecular weight excluding hydrogens is 538 g/mol. The Bertz CT molecular complexity index is 787. The van der Waals surface area contributed by atoms with E-state index in [0.29, 0.717) is 0 Å². The van der Waals surface area contributed by atoms with Gasteiger partial charge in [0.15, 0.2) is 0 Å². The first-order valence-electron chi connectivity index (χ1n) is 6.93. The first-order chi connectivity index (χ1) is 11.3. The van der Waals surface area contributed by atoms with Gasteiger partial charge >= 0.3 is 173 Å². The van der Waals surface area contributed by atoms with Crippen LogP contribution < -0.4 is 22.3 Å². The second-order valence-electron chi connectivity index (χ2n) is 4.66. The molecule has 0 spiro atoms. The van der Waals surface area contributed by atoms with Crippen LogP contribution in [0.5, 0.6) is 0 Å². The van der Waals surface area contributed by atoms with Crippen LogP contribution in [0.15, 0.2) is 59.3 Å². The molecule has 0 aliphatic heterocycles. The number of rotatable bonds is 6. The van der Waals surface area contributed by atoms with Gasteiger partial charge in [-0.15, -0.1) is 0 Å². The Morgan fingerprint density at radius 1 is 0.478 bits per heavy atom. The molecule has 4 rings (SSSR count). The Hall–Kier alpha value is 0.429. The number of thiophene rings is 4. The fourth-order valence-corrected chi connectivity index (χ4v) is 20.7. The Morgan fingerprint density at radius 3 is 1.22 bits per heavy atom. The first-order valence-corrected chi connectivity index (χ1v) is 16.6. The van der Waals surface area contributed by atoms with Crippen LogP contribution in [-0.4, -0.2) is 46.3 Å². The third-order valence-corrected chi connectivity index (χ3v) is 18.2. The summed E-state index contributed by atoms with van der Waals surface area (Å²) < 4.78 is 9.75. The predicted octanol–water partition coefficient (Wildman–Crippen LogP) is 0.898. The van der Waals surface area contributed by atoms with Crippen molar-refractivity contribution in [1.29, 1.82) is 0 Å². The summed E-state index contributed by atoms with van der Waals surface area (Å²) in [5.74, 6) is 0. The molecule has 7 heteroatoms. The van der Waals surface area contributed by atoms with Crippen molar-refractivity contribution in [2.45, 2.75) is 0 Å². The van der Waals surface area contributed by atoms with Gasteiger partial charge in [0.2, 0.25) is 0 Å². The second kappa shape index (κ2) is 8.21. The van der Waals surface area contributed by atoms with Crippen LogP contribution in [0, 0.1) is 0 Å². The van der Waals surface area contributed by atoms with Crippen LogP contribution in [0.3, 0.4) is 0 Å². The Morgan fingerprint density at radius 2 is 0.870 bits per heavy atom. The summed E-state index contributed by atoms with van der Waals surface area (Å²) >= 11 is 7.69. The molecule has 0 fully saturated rings. The maximum absolute atomic E-state index is 2.39. The Labute approximate surface area is 171 Å². The average molecular weight is 548 g/mol. The molecule has 6 radical (unpaired) electrons. The van der Waals surface area contributed by atoms with Gasteiger partial charge in [-0.3, -0.25) is 0 Å². The van der Waals surface area contributed by atoms with E-state index < -0.39 is 0 Å². The van der Waals surface area contributed by atoms with Gasteiger partial charge in [-0.05, 0) is 0 Å². The molecule has 0 aliphatic rings. The third-order valence-electron chi connectivity index (χ3n) is 2.99. The minimum absolute atomic E-state index is 0.0876. The molecule has 0 aliphatic carbocycles. The summed E-state index contributed by atoms with van der Waals surface area (Å²) in [6.07, 6.45) is 0. The quantitative estimate of drug-likeness (QED) is 0.315. The molecule has 0 saturated heterocycles. The minimum atomic E-state index is -0.123. The van der Waals surface area contributed by atoms with Crippen molar-refractivity contribution in [2.75, 3.05) is 0 Å². The van der Waals surface area contributed by atoms with E-state index in [1.807, 2.05) is 22.7 Å². The SMILES string of the molecule is c1cs[c]([Ge][c]2cc[c]([Ge][c]3cc[c]([Ge][c]4cccs4)s3)s2)c1. The zero-order valence-electron chi connectivity index (χ0n) is 11.9. The van der Waals surface area contributed by atoms with Gasteiger partial charge in [0, 0.05) is 0 Å². The Balaban J connectivity index is 1.40. The van der Waals surface area contributed by atoms with Crippen LogP contribution in [0.4, 0.5) is 0 Å². The van der Waals surface area contributed by atoms with Gasteiger partial charge in [0.05, 0.1) is 0 Å². The van der Waals surface area contributed by atoms with Gasteiger partial charge in [-0.25, -0.2) is 0 Å². The van der Waals surface area contributed by atoms with E-state index in [1.165, 1.54) is 0 Å². The van der Waals surface area contributed by atoms with Gasteiger partial charge in [-0.1, -0.05) is 0 Å². The molecule has 0 saturated carbocycles. The summed E-state index contributed by atoms with van der Waals surface area (Å²) in [5, 5.41) is 4.40. The van der Waals surface area contributed by atoms with Crippen LogP contribution in [0.25, 0.3) is 0 Å². The fraction of sp³-hybridized carbons (Fsp3) is 0. The van der Waals surface area contributed by atoms with E-state index in [1.54, 1.807) is 22.3 Å². The summed E-state index contributed by atoms with van der Waals surface area (Å²) in [6.45, 7) is 0. The number of hydrogen-bond acceptors (Lipinski definition) is 4. The van der Waals surface area contributed by atoms with Crippen molar-refractivity contribution in [3.63, 3.8) is 0 Å². The molecule has 4 heterocycles. The molecule has 0 unspecified atom stereocenters. The molecule has 0 aromatic carbocycles. The third kappa shape index (κ3) is 4.74. The van der Waals surface area contributed by atoms with Gasteiger partial charge in [-0.2, -0.15) is 0 Å². The topological polar surface area (TPSA) is 0 Å². The standard InChI is InChI=1S/C16H10Ge3S4/c1-3-11(20-9-1)17-13-5-7-15(22-13)19-16-8-6-14(23-16)18-12-4-2-10-21-12/h1-10H. The fourth-order valence-electron chi connectivity index (χ4n) is 2.01. The molecule has 0 amide bonds. The van der Waals surface area contributed by atoms with Crippen molar-refractivity contribution in [3.05, 3.63) is 59.3 Å². The van der Waals surface area contributed by atoms with Crippen molar-refractivity contribution in [1.82, 2.24) is 0 Å². The van der Waals surface area contributed by atoms with E-state index in [4.69, 9.17) is 0 Å². The molecule has 0 atom stereocenters. The van der Waals surface area contributed by atoms with Crippen molar-refractivity contribution >= 4 is 114 Å². The maximum atomic E-state index is 2.39. The van der Waals surface area contributed by atoms with Gasteiger partial charge in [0.1, 0.15) is 0 Å². The van der Waals surface area contributed by atoms with E-state index in [9.17, 15) is 0 Å². The zero-order chi connectivity index (χ0) is 15.5. The van der Waals surface area contributed by atoms with Crippen LogP contribution in [0.2, 0.25) is 0 Å². The summed E-state index contributed by atoms with van der Waals surface area (Å²) in [5.41, 5.74) is 0. The van der Waals surface area contributed by atoms with E-state index in [0.717, 1.165) is 0 Å². The number of hydrogen-bond donors (Lipinski definition) is 0. The zero-order valence-corrected chi connectivity index (χ0v) is 21.5. The first kappa shape index (κ1) is 16.9. The van der Waals surface area contributed by atoms with Crippen LogP contribution in [-0.2, 0) is 0 Å². The summed E-state index contributed by atoms with van der Waals surface area (Å²) in [4.78, 5) is 0. The van der Waals surface area contributed by atoms with Crippen molar-refractivity contribution in [2.24, 2.45) is 0 Å².